The number of carbonyl (C=O) groups excluding carboxylic acids is 2. The van der Waals surface area contributed by atoms with Crippen molar-refractivity contribution in [3.63, 3.8) is 0 Å². The molecule has 2 amide bonds. The number of hydrogen-bond donors (Lipinski definition) is 2. The maximum atomic E-state index is 11.6. The second kappa shape index (κ2) is 7.25. The zero-order valence-electron chi connectivity index (χ0n) is 10.3. The molecule has 1 heterocycles. The first-order chi connectivity index (χ1) is 8.54. The molecule has 1 fully saturated rings. The van der Waals surface area contributed by atoms with Crippen LogP contribution in [0.4, 0.5) is 0 Å². The first-order valence-corrected chi connectivity index (χ1v) is 7.23. The van der Waals surface area contributed by atoms with Crippen molar-refractivity contribution < 1.29 is 19.5 Å². The minimum atomic E-state index is -1.04. The van der Waals surface area contributed by atoms with Gasteiger partial charge in [0.25, 0.3) is 0 Å². The van der Waals surface area contributed by atoms with Crippen LogP contribution < -0.4 is 5.32 Å². The highest BCUT2D eigenvalue weighted by Gasteiger charge is 2.25. The number of rotatable bonds is 7. The van der Waals surface area contributed by atoms with Gasteiger partial charge in [-0.1, -0.05) is 0 Å². The molecular weight excluding hydrogens is 256 g/mol. The molecule has 1 aliphatic rings. The Balaban J connectivity index is 2.40. The molecule has 0 saturated carbocycles. The number of hydrogen-bond acceptors (Lipinski definition) is 4. The van der Waals surface area contributed by atoms with Crippen molar-refractivity contribution in [2.75, 3.05) is 25.1 Å². The largest absolute Gasteiger partial charge is 0.480 e. The summed E-state index contributed by atoms with van der Waals surface area (Å²) in [5.41, 5.74) is 0. The molecule has 0 aromatic carbocycles. The lowest BCUT2D eigenvalue weighted by atomic mass is 10.2. The van der Waals surface area contributed by atoms with Gasteiger partial charge >= 0.3 is 5.97 Å². The van der Waals surface area contributed by atoms with Crippen molar-refractivity contribution in [1.82, 2.24) is 10.2 Å². The van der Waals surface area contributed by atoms with Crippen LogP contribution in [0.2, 0.25) is 0 Å². The Morgan fingerprint density at radius 2 is 2.28 bits per heavy atom. The van der Waals surface area contributed by atoms with Gasteiger partial charge in [-0.05, 0) is 24.9 Å². The monoisotopic (exact) mass is 274 g/mol. The summed E-state index contributed by atoms with van der Waals surface area (Å²) in [6, 6.07) is -0.873. The summed E-state index contributed by atoms with van der Waals surface area (Å²) in [6.07, 6.45) is 3.50. The minimum Gasteiger partial charge on any atom is -0.480 e. The lowest BCUT2D eigenvalue weighted by Gasteiger charge is -2.18. The molecule has 1 atom stereocenters. The van der Waals surface area contributed by atoms with Crippen molar-refractivity contribution in [3.8, 4) is 0 Å². The molecule has 1 aliphatic heterocycles. The molecule has 0 aromatic heterocycles. The molecule has 18 heavy (non-hydrogen) atoms. The van der Waals surface area contributed by atoms with E-state index < -0.39 is 17.9 Å². The van der Waals surface area contributed by atoms with Gasteiger partial charge in [0.15, 0.2) is 0 Å². The van der Waals surface area contributed by atoms with Crippen LogP contribution in [0.15, 0.2) is 0 Å². The van der Waals surface area contributed by atoms with Gasteiger partial charge in [0.05, 0.1) is 6.54 Å². The van der Waals surface area contributed by atoms with E-state index in [0.29, 0.717) is 25.1 Å². The molecule has 0 aliphatic carbocycles. The molecule has 7 heteroatoms. The number of carboxylic acid groups (broad SMARTS) is 1. The highest BCUT2D eigenvalue weighted by Crippen LogP contribution is 2.08. The fraction of sp³-hybridized carbons (Fsp3) is 0.727. The third-order valence-corrected chi connectivity index (χ3v) is 3.39. The first-order valence-electron chi connectivity index (χ1n) is 5.83. The minimum absolute atomic E-state index is 0.0398. The first kappa shape index (κ1) is 14.8. The maximum Gasteiger partial charge on any atom is 0.326 e. The van der Waals surface area contributed by atoms with Gasteiger partial charge in [0.1, 0.15) is 6.04 Å². The van der Waals surface area contributed by atoms with Crippen LogP contribution in [0.3, 0.4) is 0 Å². The van der Waals surface area contributed by atoms with E-state index in [-0.39, 0.29) is 12.5 Å². The second-order valence-corrected chi connectivity index (χ2v) is 5.14. The number of nitrogens with one attached hydrogen (secondary N) is 1. The topological polar surface area (TPSA) is 86.7 Å². The predicted octanol–water partition coefficient (Wildman–Crippen LogP) is -0.0687. The fourth-order valence-corrected chi connectivity index (χ4v) is 2.25. The number of likely N-dealkylation sites (tertiary alicyclic amines) is 1. The predicted molar refractivity (Wildman–Crippen MR) is 68.4 cm³/mol. The Kier molecular flexibility index (Phi) is 5.97. The van der Waals surface area contributed by atoms with Crippen molar-refractivity contribution >= 4 is 29.5 Å². The highest BCUT2D eigenvalue weighted by atomic mass is 32.2. The number of carboxylic acids is 1. The van der Waals surface area contributed by atoms with E-state index >= 15 is 0 Å². The van der Waals surface area contributed by atoms with Crippen molar-refractivity contribution in [3.05, 3.63) is 0 Å². The molecule has 1 rings (SSSR count). The summed E-state index contributed by atoms with van der Waals surface area (Å²) in [7, 11) is 0. The summed E-state index contributed by atoms with van der Waals surface area (Å²) in [5, 5.41) is 11.4. The number of aliphatic carboxylic acids is 1. The molecule has 0 bridgehead atoms. The second-order valence-electron chi connectivity index (χ2n) is 4.16. The molecule has 0 radical (unpaired) electrons. The maximum absolute atomic E-state index is 11.6. The van der Waals surface area contributed by atoms with E-state index in [1.807, 2.05) is 6.26 Å². The Morgan fingerprint density at radius 3 is 2.78 bits per heavy atom. The van der Waals surface area contributed by atoms with Gasteiger partial charge in [0, 0.05) is 13.0 Å². The average Bonchev–Trinajstić information content (AvgIpc) is 2.70. The number of thioether (sulfide) groups is 1. The Morgan fingerprint density at radius 1 is 1.56 bits per heavy atom. The molecule has 2 N–H and O–H groups in total. The molecule has 1 unspecified atom stereocenters. The SMILES string of the molecule is CSCCC(NC(=O)CN1CCCC1=O)C(=O)O. The quantitative estimate of drug-likeness (QED) is 0.678. The summed E-state index contributed by atoms with van der Waals surface area (Å²) in [6.45, 7) is 0.538. The number of amides is 2. The molecular formula is C11H18N2O4S. The third kappa shape index (κ3) is 4.56. The molecule has 0 spiro atoms. The van der Waals surface area contributed by atoms with Gasteiger partial charge in [-0.25, -0.2) is 4.79 Å². The van der Waals surface area contributed by atoms with Gasteiger partial charge in [0.2, 0.25) is 11.8 Å². The van der Waals surface area contributed by atoms with E-state index in [2.05, 4.69) is 5.32 Å². The van der Waals surface area contributed by atoms with Crippen LogP contribution in [-0.4, -0.2) is 58.9 Å². The Bertz CT molecular complexity index is 335. The van der Waals surface area contributed by atoms with Crippen LogP contribution in [0.5, 0.6) is 0 Å². The van der Waals surface area contributed by atoms with E-state index in [9.17, 15) is 14.4 Å². The van der Waals surface area contributed by atoms with Crippen LogP contribution >= 0.6 is 11.8 Å². The van der Waals surface area contributed by atoms with Crippen molar-refractivity contribution in [1.29, 1.82) is 0 Å². The molecule has 102 valence electrons. The highest BCUT2D eigenvalue weighted by molar-refractivity contribution is 7.98. The Hall–Kier alpha value is -1.24. The third-order valence-electron chi connectivity index (χ3n) is 2.75. The van der Waals surface area contributed by atoms with E-state index in [0.717, 1.165) is 6.42 Å². The van der Waals surface area contributed by atoms with Gasteiger partial charge in [-0.15, -0.1) is 0 Å². The van der Waals surface area contributed by atoms with Crippen LogP contribution in [0, 0.1) is 0 Å². The zero-order chi connectivity index (χ0) is 13.5. The molecule has 0 aromatic rings. The zero-order valence-corrected chi connectivity index (χ0v) is 11.2. The average molecular weight is 274 g/mol. The summed E-state index contributed by atoms with van der Waals surface area (Å²) >= 11 is 1.53. The van der Waals surface area contributed by atoms with E-state index in [4.69, 9.17) is 5.11 Å². The fourth-order valence-electron chi connectivity index (χ4n) is 1.78. The normalized spacial score (nSPS) is 16.7. The van der Waals surface area contributed by atoms with Gasteiger partial charge in [-0.3, -0.25) is 9.59 Å². The van der Waals surface area contributed by atoms with Crippen LogP contribution in [-0.2, 0) is 14.4 Å². The van der Waals surface area contributed by atoms with Gasteiger partial charge < -0.3 is 15.3 Å². The van der Waals surface area contributed by atoms with E-state index in [1.54, 1.807) is 0 Å². The lowest BCUT2D eigenvalue weighted by Crippen LogP contribution is -2.46. The lowest BCUT2D eigenvalue weighted by molar-refractivity contribution is -0.142. The number of carbonyl (C=O) groups is 3. The number of nitrogens with zero attached hydrogens (tertiary/aromatic N) is 1. The van der Waals surface area contributed by atoms with Crippen molar-refractivity contribution in [2.24, 2.45) is 0 Å². The van der Waals surface area contributed by atoms with E-state index in [1.165, 1.54) is 16.7 Å². The molecule has 1 saturated heterocycles. The Labute approximate surface area is 110 Å². The van der Waals surface area contributed by atoms with Crippen LogP contribution in [0.25, 0.3) is 0 Å². The molecule has 6 nitrogen and oxygen atoms in total. The van der Waals surface area contributed by atoms with Gasteiger partial charge in [-0.2, -0.15) is 11.8 Å². The summed E-state index contributed by atoms with van der Waals surface area (Å²) < 4.78 is 0. The summed E-state index contributed by atoms with van der Waals surface area (Å²) in [4.78, 5) is 35.4. The summed E-state index contributed by atoms with van der Waals surface area (Å²) in [5.74, 6) is -0.815. The van der Waals surface area contributed by atoms with Crippen molar-refractivity contribution in [2.45, 2.75) is 25.3 Å². The van der Waals surface area contributed by atoms with Crippen LogP contribution in [0.1, 0.15) is 19.3 Å². The smallest absolute Gasteiger partial charge is 0.326 e. The standard InChI is InChI=1S/C11H18N2O4S/c1-18-6-4-8(11(16)17)12-9(14)7-13-5-2-3-10(13)15/h8H,2-7H2,1H3,(H,12,14)(H,16,17).